The van der Waals surface area contributed by atoms with Crippen LogP contribution in [0.25, 0.3) is 27.2 Å². The summed E-state index contributed by atoms with van der Waals surface area (Å²) in [4.78, 5) is 17.2. The standard InChI is InChI=1S/C21H13BrN2O/c22-15-6-7-19-18(10-15)16-4-1-5-17-20(16)24(19)12-14(21(17)25)9-13-3-2-8-23-11-13/h1-8,10-12H,9H2. The van der Waals surface area contributed by atoms with Crippen molar-refractivity contribution in [2.75, 3.05) is 0 Å². The number of rotatable bonds is 2. The zero-order valence-electron chi connectivity index (χ0n) is 13.2. The second-order valence-corrected chi connectivity index (χ2v) is 7.17. The summed E-state index contributed by atoms with van der Waals surface area (Å²) in [5.41, 5.74) is 4.03. The Morgan fingerprint density at radius 3 is 2.72 bits per heavy atom. The molecule has 0 saturated heterocycles. The Hall–Kier alpha value is -2.72. The Labute approximate surface area is 152 Å². The summed E-state index contributed by atoms with van der Waals surface area (Å²) >= 11 is 3.55. The van der Waals surface area contributed by atoms with Gasteiger partial charge >= 0.3 is 0 Å². The number of benzene rings is 2. The lowest BCUT2D eigenvalue weighted by Crippen LogP contribution is -2.12. The molecule has 3 aromatic heterocycles. The van der Waals surface area contributed by atoms with Crippen LogP contribution in [0, 0.1) is 0 Å². The minimum atomic E-state index is 0.101. The number of nitrogens with zero attached hydrogens (tertiary/aromatic N) is 2. The zero-order chi connectivity index (χ0) is 17.0. The summed E-state index contributed by atoms with van der Waals surface area (Å²) in [6, 6.07) is 16.1. The van der Waals surface area contributed by atoms with Gasteiger partial charge in [0.1, 0.15) is 0 Å². The first-order chi connectivity index (χ1) is 12.2. The Kier molecular flexibility index (Phi) is 3.15. The van der Waals surface area contributed by atoms with Crippen molar-refractivity contribution in [2.24, 2.45) is 0 Å². The van der Waals surface area contributed by atoms with Crippen molar-refractivity contribution in [3.63, 3.8) is 0 Å². The lowest BCUT2D eigenvalue weighted by atomic mass is 10.0. The molecule has 3 nitrogen and oxygen atoms in total. The van der Waals surface area contributed by atoms with E-state index in [-0.39, 0.29) is 5.43 Å². The van der Waals surface area contributed by atoms with E-state index in [1.54, 1.807) is 6.20 Å². The number of hydrogen-bond donors (Lipinski definition) is 0. The predicted octanol–water partition coefficient (Wildman–Crippen LogP) is 4.79. The van der Waals surface area contributed by atoms with Gasteiger partial charge in [-0.25, -0.2) is 0 Å². The summed E-state index contributed by atoms with van der Waals surface area (Å²) in [6.07, 6.45) is 6.13. The molecule has 0 aliphatic heterocycles. The quantitative estimate of drug-likeness (QED) is 0.435. The van der Waals surface area contributed by atoms with Gasteiger partial charge in [-0.1, -0.05) is 34.1 Å². The Morgan fingerprint density at radius 1 is 1.00 bits per heavy atom. The van der Waals surface area contributed by atoms with Crippen LogP contribution in [0.1, 0.15) is 11.1 Å². The fourth-order valence-electron chi connectivity index (χ4n) is 3.63. The maximum Gasteiger partial charge on any atom is 0.192 e. The van der Waals surface area contributed by atoms with E-state index in [9.17, 15) is 4.79 Å². The molecule has 4 heteroatoms. The molecule has 0 aliphatic carbocycles. The van der Waals surface area contributed by atoms with Crippen molar-refractivity contribution in [1.82, 2.24) is 9.38 Å². The molecule has 5 rings (SSSR count). The minimum absolute atomic E-state index is 0.101. The second kappa shape index (κ2) is 5.39. The normalized spacial score (nSPS) is 11.7. The molecule has 0 fully saturated rings. The van der Waals surface area contributed by atoms with Crippen LogP contribution in [-0.4, -0.2) is 9.38 Å². The fourth-order valence-corrected chi connectivity index (χ4v) is 3.99. The predicted molar refractivity (Wildman–Crippen MR) is 105 cm³/mol. The van der Waals surface area contributed by atoms with Crippen LogP contribution in [0.15, 0.2) is 76.4 Å². The van der Waals surface area contributed by atoms with E-state index in [2.05, 4.69) is 43.5 Å². The second-order valence-electron chi connectivity index (χ2n) is 6.25. The fraction of sp³-hybridized carbons (Fsp3) is 0.0476. The van der Waals surface area contributed by atoms with Crippen LogP contribution in [0.4, 0.5) is 0 Å². The van der Waals surface area contributed by atoms with Gasteiger partial charge < -0.3 is 4.40 Å². The number of halogens is 1. The summed E-state index contributed by atoms with van der Waals surface area (Å²) in [6.45, 7) is 0. The molecule has 0 bridgehead atoms. The highest BCUT2D eigenvalue weighted by atomic mass is 79.9. The van der Waals surface area contributed by atoms with E-state index in [0.717, 1.165) is 42.8 Å². The number of fused-ring (bicyclic) bond motifs is 3. The van der Waals surface area contributed by atoms with E-state index in [1.165, 1.54) is 0 Å². The maximum atomic E-state index is 13.0. The highest BCUT2D eigenvalue weighted by molar-refractivity contribution is 9.10. The minimum Gasteiger partial charge on any atom is -0.315 e. The summed E-state index contributed by atoms with van der Waals surface area (Å²) in [5, 5.41) is 3.03. The molecule has 0 unspecified atom stereocenters. The number of para-hydroxylation sites is 1. The van der Waals surface area contributed by atoms with Gasteiger partial charge in [-0.15, -0.1) is 0 Å². The third kappa shape index (κ3) is 2.18. The van der Waals surface area contributed by atoms with Crippen molar-refractivity contribution < 1.29 is 0 Å². The van der Waals surface area contributed by atoms with Crippen LogP contribution in [-0.2, 0) is 6.42 Å². The summed E-state index contributed by atoms with van der Waals surface area (Å²) in [5.74, 6) is 0. The molecule has 0 N–H and O–H groups in total. The molecule has 0 atom stereocenters. The van der Waals surface area contributed by atoms with Gasteiger partial charge in [0.05, 0.1) is 11.0 Å². The van der Waals surface area contributed by atoms with Gasteiger partial charge in [0, 0.05) is 51.2 Å². The van der Waals surface area contributed by atoms with E-state index >= 15 is 0 Å². The molecule has 5 aromatic rings. The van der Waals surface area contributed by atoms with Crippen LogP contribution >= 0.6 is 15.9 Å². The lowest BCUT2D eigenvalue weighted by molar-refractivity contribution is 1.09. The lowest BCUT2D eigenvalue weighted by Gasteiger charge is -2.06. The Morgan fingerprint density at radius 2 is 1.88 bits per heavy atom. The van der Waals surface area contributed by atoms with Crippen LogP contribution < -0.4 is 5.43 Å². The molecule has 25 heavy (non-hydrogen) atoms. The number of aromatic nitrogens is 2. The first kappa shape index (κ1) is 14.6. The van der Waals surface area contributed by atoms with E-state index < -0.39 is 0 Å². The molecule has 0 saturated carbocycles. The van der Waals surface area contributed by atoms with Crippen molar-refractivity contribution >= 4 is 43.1 Å². The number of hydrogen-bond acceptors (Lipinski definition) is 2. The van der Waals surface area contributed by atoms with Crippen LogP contribution in [0.2, 0.25) is 0 Å². The molecule has 0 amide bonds. The van der Waals surface area contributed by atoms with Crippen LogP contribution in [0.3, 0.4) is 0 Å². The Bertz CT molecular complexity index is 1290. The van der Waals surface area contributed by atoms with Crippen molar-refractivity contribution in [1.29, 1.82) is 0 Å². The van der Waals surface area contributed by atoms with Crippen molar-refractivity contribution in [3.8, 4) is 0 Å². The third-order valence-electron chi connectivity index (χ3n) is 4.72. The topological polar surface area (TPSA) is 34.4 Å². The molecule has 120 valence electrons. The molecular weight excluding hydrogens is 376 g/mol. The average molecular weight is 389 g/mol. The van der Waals surface area contributed by atoms with Crippen molar-refractivity contribution in [2.45, 2.75) is 6.42 Å². The smallest absolute Gasteiger partial charge is 0.192 e. The average Bonchev–Trinajstić information content (AvgIpc) is 2.94. The monoisotopic (exact) mass is 388 g/mol. The first-order valence-corrected chi connectivity index (χ1v) is 8.88. The van der Waals surface area contributed by atoms with Crippen LogP contribution in [0.5, 0.6) is 0 Å². The van der Waals surface area contributed by atoms with E-state index in [4.69, 9.17) is 0 Å². The molecule has 0 aliphatic rings. The van der Waals surface area contributed by atoms with Gasteiger partial charge in [-0.3, -0.25) is 9.78 Å². The van der Waals surface area contributed by atoms with Gasteiger partial charge in [0.2, 0.25) is 0 Å². The zero-order valence-corrected chi connectivity index (χ0v) is 14.8. The highest BCUT2D eigenvalue weighted by Crippen LogP contribution is 2.32. The molecular formula is C21H13BrN2O. The van der Waals surface area contributed by atoms with Gasteiger partial charge in [0.15, 0.2) is 5.43 Å². The van der Waals surface area contributed by atoms with Crippen molar-refractivity contribution in [3.05, 3.63) is 92.9 Å². The van der Waals surface area contributed by atoms with Gasteiger partial charge in [0.25, 0.3) is 0 Å². The highest BCUT2D eigenvalue weighted by Gasteiger charge is 2.15. The summed E-state index contributed by atoms with van der Waals surface area (Å²) in [7, 11) is 0. The third-order valence-corrected chi connectivity index (χ3v) is 5.22. The summed E-state index contributed by atoms with van der Waals surface area (Å²) < 4.78 is 3.19. The number of pyridine rings is 2. The van der Waals surface area contributed by atoms with E-state index in [0.29, 0.717) is 6.42 Å². The molecule has 2 aromatic carbocycles. The first-order valence-electron chi connectivity index (χ1n) is 8.09. The molecule has 3 heterocycles. The van der Waals surface area contributed by atoms with Gasteiger partial charge in [-0.2, -0.15) is 0 Å². The maximum absolute atomic E-state index is 13.0. The largest absolute Gasteiger partial charge is 0.315 e. The Balaban J connectivity index is 1.89. The SMILES string of the molecule is O=c1c(Cc2cccnc2)cn2c3ccc(Br)cc3c3cccc1c32. The molecule has 0 radical (unpaired) electrons. The van der Waals surface area contributed by atoms with Gasteiger partial charge in [-0.05, 0) is 35.9 Å². The molecule has 0 spiro atoms. The van der Waals surface area contributed by atoms with E-state index in [1.807, 2.05) is 42.7 Å².